The molecule has 0 bridgehead atoms. The summed E-state index contributed by atoms with van der Waals surface area (Å²) < 4.78 is 23.8. The smallest absolute Gasteiger partial charge is 0.123 e. The Bertz CT molecular complexity index is 401. The van der Waals surface area contributed by atoms with E-state index in [1.54, 1.807) is 6.07 Å². The highest BCUT2D eigenvalue weighted by Gasteiger charge is 2.09. The molecule has 0 spiro atoms. The number of benzene rings is 1. The van der Waals surface area contributed by atoms with Gasteiger partial charge in [-0.05, 0) is 38.5 Å². The monoisotopic (exact) mass is 299 g/mol. The molecular formula is C16H26FNO3. The molecule has 0 aliphatic rings. The van der Waals surface area contributed by atoms with Gasteiger partial charge in [0.05, 0.1) is 32.0 Å². The van der Waals surface area contributed by atoms with Gasteiger partial charge in [-0.2, -0.15) is 0 Å². The molecule has 0 aliphatic carbocycles. The van der Waals surface area contributed by atoms with Gasteiger partial charge < -0.3 is 19.9 Å². The van der Waals surface area contributed by atoms with Crippen LogP contribution in [-0.4, -0.2) is 43.7 Å². The first-order chi connectivity index (χ1) is 9.99. The van der Waals surface area contributed by atoms with Crippen LogP contribution in [0, 0.1) is 5.82 Å². The molecule has 5 heteroatoms. The van der Waals surface area contributed by atoms with E-state index >= 15 is 0 Å². The quantitative estimate of drug-likeness (QED) is 0.651. The molecule has 0 saturated heterocycles. The molecule has 0 radical (unpaired) electrons. The van der Waals surface area contributed by atoms with Crippen molar-refractivity contribution >= 4 is 0 Å². The van der Waals surface area contributed by atoms with E-state index < -0.39 is 6.10 Å². The molecule has 2 unspecified atom stereocenters. The average molecular weight is 299 g/mol. The maximum Gasteiger partial charge on any atom is 0.123 e. The van der Waals surface area contributed by atoms with Gasteiger partial charge in [0.15, 0.2) is 0 Å². The predicted octanol–water partition coefficient (Wildman–Crippen LogP) is 2.28. The summed E-state index contributed by atoms with van der Waals surface area (Å²) in [7, 11) is 0. The highest BCUT2D eigenvalue weighted by molar-refractivity contribution is 5.19. The summed E-state index contributed by atoms with van der Waals surface area (Å²) >= 11 is 0. The molecule has 21 heavy (non-hydrogen) atoms. The minimum absolute atomic E-state index is 0.0281. The van der Waals surface area contributed by atoms with Crippen molar-refractivity contribution < 1.29 is 19.0 Å². The van der Waals surface area contributed by atoms with Crippen LogP contribution in [0.15, 0.2) is 24.3 Å². The molecule has 0 saturated carbocycles. The summed E-state index contributed by atoms with van der Waals surface area (Å²) in [6.45, 7) is 7.50. The van der Waals surface area contributed by atoms with Crippen LogP contribution in [0.4, 0.5) is 4.39 Å². The zero-order valence-corrected chi connectivity index (χ0v) is 13.0. The first-order valence-electron chi connectivity index (χ1n) is 7.35. The number of rotatable bonds is 10. The van der Waals surface area contributed by atoms with Gasteiger partial charge in [0.1, 0.15) is 5.82 Å². The molecule has 0 heterocycles. The molecule has 0 aromatic heterocycles. The maximum atomic E-state index is 13.1. The van der Waals surface area contributed by atoms with Gasteiger partial charge in [-0.3, -0.25) is 0 Å². The molecule has 0 amide bonds. The van der Waals surface area contributed by atoms with E-state index in [2.05, 4.69) is 5.32 Å². The van der Waals surface area contributed by atoms with E-state index in [1.165, 1.54) is 12.1 Å². The zero-order chi connectivity index (χ0) is 15.7. The normalized spacial score (nSPS) is 14.4. The van der Waals surface area contributed by atoms with Crippen LogP contribution in [0.2, 0.25) is 0 Å². The van der Waals surface area contributed by atoms with E-state index in [-0.39, 0.29) is 24.6 Å². The number of aliphatic hydroxyl groups is 1. The molecule has 4 nitrogen and oxygen atoms in total. The van der Waals surface area contributed by atoms with Crippen LogP contribution in [0.25, 0.3) is 0 Å². The minimum Gasteiger partial charge on any atom is -0.389 e. The van der Waals surface area contributed by atoms with Crippen LogP contribution >= 0.6 is 0 Å². The topological polar surface area (TPSA) is 50.7 Å². The molecule has 0 aliphatic heterocycles. The fraction of sp³-hybridized carbons (Fsp3) is 0.625. The van der Waals surface area contributed by atoms with Crippen LogP contribution in [0.5, 0.6) is 0 Å². The van der Waals surface area contributed by atoms with E-state index in [9.17, 15) is 9.50 Å². The van der Waals surface area contributed by atoms with Gasteiger partial charge in [-0.1, -0.05) is 12.1 Å². The minimum atomic E-state index is -0.597. The Morgan fingerprint density at radius 3 is 2.67 bits per heavy atom. The summed E-state index contributed by atoms with van der Waals surface area (Å²) in [5.74, 6) is -0.254. The third-order valence-electron chi connectivity index (χ3n) is 3.00. The van der Waals surface area contributed by atoms with Gasteiger partial charge in [0.2, 0.25) is 0 Å². The van der Waals surface area contributed by atoms with Crippen molar-refractivity contribution in [2.45, 2.75) is 39.0 Å². The first-order valence-corrected chi connectivity index (χ1v) is 7.35. The molecule has 0 fully saturated rings. The zero-order valence-electron chi connectivity index (χ0n) is 13.0. The number of hydrogen-bond acceptors (Lipinski definition) is 4. The molecule has 2 N–H and O–H groups in total. The summed E-state index contributed by atoms with van der Waals surface area (Å²) in [4.78, 5) is 0. The SMILES string of the molecule is CC(C)OCCOCC(O)CNC(C)c1cccc(F)c1. The second-order valence-electron chi connectivity index (χ2n) is 5.33. The second-order valence-corrected chi connectivity index (χ2v) is 5.33. The van der Waals surface area contributed by atoms with Gasteiger partial charge in [-0.25, -0.2) is 4.39 Å². The van der Waals surface area contributed by atoms with E-state index in [1.807, 2.05) is 26.8 Å². The molecule has 2 atom stereocenters. The summed E-state index contributed by atoms with van der Waals surface area (Å²) in [5, 5.41) is 13.0. The van der Waals surface area contributed by atoms with Crippen LogP contribution in [0.3, 0.4) is 0 Å². The van der Waals surface area contributed by atoms with Crippen molar-refractivity contribution in [3.63, 3.8) is 0 Å². The summed E-state index contributed by atoms with van der Waals surface area (Å²) in [5.41, 5.74) is 0.855. The lowest BCUT2D eigenvalue weighted by molar-refractivity contribution is -0.0104. The number of hydrogen-bond donors (Lipinski definition) is 2. The number of ether oxygens (including phenoxy) is 2. The third-order valence-corrected chi connectivity index (χ3v) is 3.00. The van der Waals surface area contributed by atoms with Gasteiger partial charge in [-0.15, -0.1) is 0 Å². The lowest BCUT2D eigenvalue weighted by Gasteiger charge is -2.18. The highest BCUT2D eigenvalue weighted by Crippen LogP contribution is 2.13. The largest absolute Gasteiger partial charge is 0.389 e. The van der Waals surface area contributed by atoms with E-state index in [0.717, 1.165) is 5.56 Å². The van der Waals surface area contributed by atoms with Crippen molar-refractivity contribution in [3.8, 4) is 0 Å². The van der Waals surface area contributed by atoms with Crippen molar-refractivity contribution in [2.24, 2.45) is 0 Å². The lowest BCUT2D eigenvalue weighted by Crippen LogP contribution is -2.32. The number of nitrogens with one attached hydrogen (secondary N) is 1. The Balaban J connectivity index is 2.16. The van der Waals surface area contributed by atoms with Crippen molar-refractivity contribution in [3.05, 3.63) is 35.6 Å². The highest BCUT2D eigenvalue weighted by atomic mass is 19.1. The third kappa shape index (κ3) is 8.12. The van der Waals surface area contributed by atoms with E-state index in [4.69, 9.17) is 9.47 Å². The Hall–Kier alpha value is -1.01. The summed E-state index contributed by atoms with van der Waals surface area (Å²) in [6, 6.07) is 6.41. The molecule has 1 rings (SSSR count). The Morgan fingerprint density at radius 2 is 2.00 bits per heavy atom. The lowest BCUT2D eigenvalue weighted by atomic mass is 10.1. The maximum absolute atomic E-state index is 13.1. The standard InChI is InChI=1S/C16H26FNO3/c1-12(2)21-8-7-20-11-16(19)10-18-13(3)14-5-4-6-15(17)9-14/h4-6,9,12-13,16,18-19H,7-8,10-11H2,1-3H3. The van der Waals surface area contributed by atoms with Gasteiger partial charge in [0, 0.05) is 12.6 Å². The fourth-order valence-electron chi connectivity index (χ4n) is 1.83. The van der Waals surface area contributed by atoms with Crippen molar-refractivity contribution in [2.75, 3.05) is 26.4 Å². The van der Waals surface area contributed by atoms with Crippen LogP contribution < -0.4 is 5.32 Å². The number of aliphatic hydroxyl groups excluding tert-OH is 1. The number of halogens is 1. The van der Waals surface area contributed by atoms with Gasteiger partial charge in [0.25, 0.3) is 0 Å². The van der Waals surface area contributed by atoms with Gasteiger partial charge >= 0.3 is 0 Å². The Kier molecular flexibility index (Phi) is 8.45. The first kappa shape index (κ1) is 18.0. The van der Waals surface area contributed by atoms with Crippen LogP contribution in [-0.2, 0) is 9.47 Å². The Labute approximate surface area is 126 Å². The average Bonchev–Trinajstić information content (AvgIpc) is 2.44. The van der Waals surface area contributed by atoms with Crippen LogP contribution in [0.1, 0.15) is 32.4 Å². The van der Waals surface area contributed by atoms with Crippen molar-refractivity contribution in [1.82, 2.24) is 5.32 Å². The Morgan fingerprint density at radius 1 is 1.24 bits per heavy atom. The summed E-state index contributed by atoms with van der Waals surface area (Å²) in [6.07, 6.45) is -0.410. The molecule has 1 aromatic carbocycles. The molecule has 120 valence electrons. The second kappa shape index (κ2) is 9.84. The predicted molar refractivity (Wildman–Crippen MR) is 80.7 cm³/mol. The molecule has 1 aromatic rings. The van der Waals surface area contributed by atoms with Crippen molar-refractivity contribution in [1.29, 1.82) is 0 Å². The molecular weight excluding hydrogens is 273 g/mol. The fourth-order valence-corrected chi connectivity index (χ4v) is 1.83. The van der Waals surface area contributed by atoms with E-state index in [0.29, 0.717) is 19.8 Å².